The second-order valence-corrected chi connectivity index (χ2v) is 5.41. The van der Waals surface area contributed by atoms with E-state index in [1.54, 1.807) is 12.1 Å². The number of hydrogen-bond donors (Lipinski definition) is 0. The maximum Gasteiger partial charge on any atom is 0.182 e. The van der Waals surface area contributed by atoms with Gasteiger partial charge in [0.1, 0.15) is 0 Å². The lowest BCUT2D eigenvalue weighted by atomic mass is 10.1. The summed E-state index contributed by atoms with van der Waals surface area (Å²) in [5, 5.41) is 0. The third-order valence-electron chi connectivity index (χ3n) is 2.43. The van der Waals surface area contributed by atoms with Crippen LogP contribution in [-0.4, -0.2) is 14.2 Å². The summed E-state index contributed by atoms with van der Waals surface area (Å²) >= 11 is 0. The molecule has 0 radical (unpaired) electrons. The van der Waals surface area contributed by atoms with Gasteiger partial charge in [-0.1, -0.05) is 31.2 Å². The summed E-state index contributed by atoms with van der Waals surface area (Å²) in [5.74, 6) is 0.130. The van der Waals surface area contributed by atoms with Gasteiger partial charge in [0.25, 0.3) is 0 Å². The van der Waals surface area contributed by atoms with Gasteiger partial charge in [-0.3, -0.25) is 0 Å². The molecule has 1 aliphatic rings. The van der Waals surface area contributed by atoms with E-state index < -0.39 is 9.84 Å². The molecule has 0 spiro atoms. The van der Waals surface area contributed by atoms with Gasteiger partial charge in [-0.2, -0.15) is 0 Å². The Morgan fingerprint density at radius 1 is 1.36 bits per heavy atom. The molecule has 0 saturated heterocycles. The Labute approximate surface area is 84.2 Å². The number of fused-ring (bicyclic) bond motifs is 1. The third kappa shape index (κ3) is 1.48. The van der Waals surface area contributed by atoms with Crippen molar-refractivity contribution in [1.82, 2.24) is 0 Å². The van der Waals surface area contributed by atoms with Gasteiger partial charge in [0, 0.05) is 0 Å². The van der Waals surface area contributed by atoms with Crippen LogP contribution in [0.5, 0.6) is 0 Å². The molecule has 1 aliphatic heterocycles. The lowest BCUT2D eigenvalue weighted by Gasteiger charge is -2.11. The summed E-state index contributed by atoms with van der Waals surface area (Å²) in [6.07, 6.45) is 4.52. The van der Waals surface area contributed by atoms with Crippen molar-refractivity contribution in [2.75, 3.05) is 5.75 Å². The fourth-order valence-electron chi connectivity index (χ4n) is 1.62. The van der Waals surface area contributed by atoms with Crippen LogP contribution in [0.25, 0.3) is 6.08 Å². The highest BCUT2D eigenvalue weighted by molar-refractivity contribution is 7.91. The number of rotatable bonds is 1. The Morgan fingerprint density at radius 2 is 2.14 bits per heavy atom. The van der Waals surface area contributed by atoms with Gasteiger partial charge >= 0.3 is 0 Å². The molecular weight excluding hydrogens is 196 g/mol. The zero-order chi connectivity index (χ0) is 10.2. The van der Waals surface area contributed by atoms with Crippen LogP contribution in [0, 0.1) is 0 Å². The molecule has 0 unspecified atom stereocenters. The molecule has 0 fully saturated rings. The fraction of sp³-hybridized carbons (Fsp3) is 0.273. The average molecular weight is 208 g/mol. The first-order valence-corrected chi connectivity index (χ1v) is 6.31. The van der Waals surface area contributed by atoms with E-state index in [0.717, 1.165) is 12.0 Å². The molecule has 2 rings (SSSR count). The molecule has 0 saturated carbocycles. The molecule has 0 aromatic heterocycles. The summed E-state index contributed by atoms with van der Waals surface area (Å²) < 4.78 is 23.2. The second kappa shape index (κ2) is 3.24. The summed E-state index contributed by atoms with van der Waals surface area (Å²) in [4.78, 5) is 0.470. The van der Waals surface area contributed by atoms with E-state index in [4.69, 9.17) is 0 Å². The minimum absolute atomic E-state index is 0.130. The average Bonchev–Trinajstić information content (AvgIpc) is 2.16. The van der Waals surface area contributed by atoms with Crippen molar-refractivity contribution in [2.24, 2.45) is 0 Å². The Bertz CT molecular complexity index is 484. The van der Waals surface area contributed by atoms with Crippen LogP contribution in [-0.2, 0) is 16.3 Å². The topological polar surface area (TPSA) is 34.1 Å². The molecule has 0 aliphatic carbocycles. The van der Waals surface area contributed by atoms with E-state index in [1.165, 1.54) is 5.56 Å². The minimum Gasteiger partial charge on any atom is -0.223 e. The van der Waals surface area contributed by atoms with Crippen LogP contribution in [0.4, 0.5) is 0 Å². The van der Waals surface area contributed by atoms with Crippen molar-refractivity contribution in [3.63, 3.8) is 0 Å². The summed E-state index contributed by atoms with van der Waals surface area (Å²) in [7, 11) is -3.05. The molecule has 0 atom stereocenters. The Balaban J connectivity index is 2.65. The maximum atomic E-state index is 11.6. The molecular formula is C11H12O2S. The molecule has 0 amide bonds. The molecule has 1 aromatic rings. The van der Waals surface area contributed by atoms with Crippen molar-refractivity contribution in [3.8, 4) is 0 Å². The normalized spacial score (nSPS) is 17.8. The lowest BCUT2D eigenvalue weighted by Crippen LogP contribution is -2.10. The summed E-state index contributed by atoms with van der Waals surface area (Å²) in [6, 6.07) is 5.55. The Morgan fingerprint density at radius 3 is 2.86 bits per heavy atom. The zero-order valence-electron chi connectivity index (χ0n) is 8.03. The molecule has 1 aromatic carbocycles. The Kier molecular flexibility index (Phi) is 2.19. The fourth-order valence-corrected chi connectivity index (χ4v) is 2.91. The SMILES string of the molecule is CCc1ccc2c(c1)C=CCS2(=O)=O. The van der Waals surface area contributed by atoms with E-state index in [2.05, 4.69) is 6.92 Å². The first kappa shape index (κ1) is 9.46. The monoisotopic (exact) mass is 208 g/mol. The van der Waals surface area contributed by atoms with Crippen LogP contribution in [0.2, 0.25) is 0 Å². The third-order valence-corrected chi connectivity index (χ3v) is 4.10. The predicted molar refractivity (Wildman–Crippen MR) is 56.9 cm³/mol. The van der Waals surface area contributed by atoms with Crippen molar-refractivity contribution in [2.45, 2.75) is 18.2 Å². The van der Waals surface area contributed by atoms with Gasteiger partial charge < -0.3 is 0 Å². The van der Waals surface area contributed by atoms with Gasteiger partial charge in [0.15, 0.2) is 9.84 Å². The second-order valence-electron chi connectivity index (χ2n) is 3.41. The molecule has 2 nitrogen and oxygen atoms in total. The number of aryl methyl sites for hydroxylation is 1. The molecule has 74 valence electrons. The van der Waals surface area contributed by atoms with Crippen LogP contribution >= 0.6 is 0 Å². The maximum absolute atomic E-state index is 11.6. The zero-order valence-corrected chi connectivity index (χ0v) is 8.84. The predicted octanol–water partition coefficient (Wildman–Crippen LogP) is 2.05. The first-order valence-electron chi connectivity index (χ1n) is 4.66. The van der Waals surface area contributed by atoms with Gasteiger partial charge in [-0.25, -0.2) is 8.42 Å². The van der Waals surface area contributed by atoms with Crippen molar-refractivity contribution < 1.29 is 8.42 Å². The molecule has 1 heterocycles. The van der Waals surface area contributed by atoms with Crippen LogP contribution in [0.1, 0.15) is 18.1 Å². The highest BCUT2D eigenvalue weighted by atomic mass is 32.2. The Hall–Kier alpha value is -1.09. The van der Waals surface area contributed by atoms with Gasteiger partial charge in [-0.15, -0.1) is 0 Å². The van der Waals surface area contributed by atoms with E-state index >= 15 is 0 Å². The first-order chi connectivity index (χ1) is 6.63. The van der Waals surface area contributed by atoms with Crippen molar-refractivity contribution in [3.05, 3.63) is 35.4 Å². The van der Waals surface area contributed by atoms with Crippen LogP contribution in [0.3, 0.4) is 0 Å². The standard InChI is InChI=1S/C11H12O2S/c1-2-9-5-6-11-10(8-9)4-3-7-14(11,12)13/h3-6,8H,2,7H2,1H3. The quantitative estimate of drug-likeness (QED) is 0.708. The molecule has 0 N–H and O–H groups in total. The van der Waals surface area contributed by atoms with Crippen LogP contribution in [0.15, 0.2) is 29.2 Å². The number of benzene rings is 1. The number of hydrogen-bond acceptors (Lipinski definition) is 2. The lowest BCUT2D eigenvalue weighted by molar-refractivity contribution is 0.598. The largest absolute Gasteiger partial charge is 0.223 e. The van der Waals surface area contributed by atoms with Crippen molar-refractivity contribution >= 4 is 15.9 Å². The van der Waals surface area contributed by atoms with E-state index in [-0.39, 0.29) is 5.75 Å². The molecule has 14 heavy (non-hydrogen) atoms. The van der Waals surface area contributed by atoms with Crippen LogP contribution < -0.4 is 0 Å². The van der Waals surface area contributed by atoms with Gasteiger partial charge in [-0.05, 0) is 23.6 Å². The molecule has 0 bridgehead atoms. The smallest absolute Gasteiger partial charge is 0.182 e. The summed E-state index contributed by atoms with van der Waals surface area (Å²) in [6.45, 7) is 2.06. The van der Waals surface area contributed by atoms with E-state index in [0.29, 0.717) is 4.90 Å². The van der Waals surface area contributed by atoms with Crippen molar-refractivity contribution in [1.29, 1.82) is 0 Å². The van der Waals surface area contributed by atoms with Gasteiger partial charge in [0.05, 0.1) is 10.6 Å². The van der Waals surface area contributed by atoms with Gasteiger partial charge in [0.2, 0.25) is 0 Å². The number of sulfone groups is 1. The summed E-state index contributed by atoms with van der Waals surface area (Å²) in [5.41, 5.74) is 2.00. The van der Waals surface area contributed by atoms with E-state index in [1.807, 2.05) is 18.2 Å². The highest BCUT2D eigenvalue weighted by Crippen LogP contribution is 2.24. The van der Waals surface area contributed by atoms with E-state index in [9.17, 15) is 8.42 Å². The minimum atomic E-state index is -3.05. The highest BCUT2D eigenvalue weighted by Gasteiger charge is 2.19. The molecule has 3 heteroatoms.